The van der Waals surface area contributed by atoms with E-state index in [1.54, 1.807) is 0 Å². The zero-order valence-electron chi connectivity index (χ0n) is 11.8. The Hall–Kier alpha value is -1.09. The predicted molar refractivity (Wildman–Crippen MR) is 76.8 cm³/mol. The van der Waals surface area contributed by atoms with E-state index in [1.165, 1.54) is 30.5 Å². The zero-order chi connectivity index (χ0) is 13.0. The molecule has 1 unspecified atom stereocenters. The summed E-state index contributed by atoms with van der Waals surface area (Å²) in [5.41, 5.74) is 2.63. The van der Waals surface area contributed by atoms with Crippen molar-refractivity contribution >= 4 is 5.69 Å². The summed E-state index contributed by atoms with van der Waals surface area (Å²) in [5.74, 6) is 0.729. The van der Waals surface area contributed by atoms with Gasteiger partial charge in [-0.25, -0.2) is 0 Å². The topological polar surface area (TPSA) is 28.2 Å². The summed E-state index contributed by atoms with van der Waals surface area (Å²) < 4.78 is 0. The first-order chi connectivity index (χ1) is 8.70. The van der Waals surface area contributed by atoms with Crippen molar-refractivity contribution in [1.82, 2.24) is 10.3 Å². The summed E-state index contributed by atoms with van der Waals surface area (Å²) in [7, 11) is 2.18. The maximum atomic E-state index is 4.26. The molecule has 0 aliphatic heterocycles. The maximum absolute atomic E-state index is 4.26. The molecule has 3 heteroatoms. The van der Waals surface area contributed by atoms with Crippen LogP contribution in [0.3, 0.4) is 0 Å². The van der Waals surface area contributed by atoms with Gasteiger partial charge in [0.05, 0.1) is 0 Å². The van der Waals surface area contributed by atoms with Crippen molar-refractivity contribution in [2.75, 3.05) is 18.5 Å². The minimum Gasteiger partial charge on any atom is -0.374 e. The van der Waals surface area contributed by atoms with Gasteiger partial charge in [0, 0.05) is 49.8 Å². The summed E-state index contributed by atoms with van der Waals surface area (Å²) in [6, 6.07) is 2.88. The summed E-state index contributed by atoms with van der Waals surface area (Å²) in [6.45, 7) is 6.61. The molecule has 3 nitrogen and oxygen atoms in total. The largest absolute Gasteiger partial charge is 0.374 e. The van der Waals surface area contributed by atoms with Gasteiger partial charge in [-0.3, -0.25) is 4.98 Å². The van der Waals surface area contributed by atoms with Gasteiger partial charge in [0.1, 0.15) is 0 Å². The van der Waals surface area contributed by atoms with Gasteiger partial charge in [0.2, 0.25) is 0 Å². The summed E-state index contributed by atoms with van der Waals surface area (Å²) >= 11 is 0. The van der Waals surface area contributed by atoms with Crippen molar-refractivity contribution in [2.24, 2.45) is 5.92 Å². The molecule has 2 rings (SSSR count). The van der Waals surface area contributed by atoms with Crippen LogP contribution in [0.1, 0.15) is 38.7 Å². The second-order valence-corrected chi connectivity index (χ2v) is 5.55. The second kappa shape index (κ2) is 6.19. The van der Waals surface area contributed by atoms with Crippen LogP contribution < -0.4 is 10.2 Å². The van der Waals surface area contributed by atoms with Gasteiger partial charge in [-0.05, 0) is 24.8 Å². The fourth-order valence-corrected chi connectivity index (χ4v) is 2.17. The lowest BCUT2D eigenvalue weighted by molar-refractivity contribution is 0.558. The zero-order valence-corrected chi connectivity index (χ0v) is 11.8. The highest BCUT2D eigenvalue weighted by atomic mass is 15.1. The molecule has 1 aromatic heterocycles. The van der Waals surface area contributed by atoms with Crippen LogP contribution in [0, 0.1) is 5.92 Å². The summed E-state index contributed by atoms with van der Waals surface area (Å²) in [6.07, 6.45) is 7.78. The maximum Gasteiger partial charge on any atom is 0.0440 e. The highest BCUT2D eigenvalue weighted by molar-refractivity contribution is 5.51. The van der Waals surface area contributed by atoms with Crippen molar-refractivity contribution in [3.63, 3.8) is 0 Å². The van der Waals surface area contributed by atoms with Gasteiger partial charge < -0.3 is 10.2 Å². The van der Waals surface area contributed by atoms with E-state index in [4.69, 9.17) is 0 Å². The Balaban J connectivity index is 2.00. The Kier molecular flexibility index (Phi) is 4.59. The number of hydrogen-bond acceptors (Lipinski definition) is 3. The first-order valence-corrected chi connectivity index (χ1v) is 7.08. The van der Waals surface area contributed by atoms with Crippen molar-refractivity contribution in [1.29, 1.82) is 0 Å². The van der Waals surface area contributed by atoms with Gasteiger partial charge >= 0.3 is 0 Å². The highest BCUT2D eigenvalue weighted by Crippen LogP contribution is 2.23. The predicted octanol–water partition coefficient (Wildman–Crippen LogP) is 2.82. The molecule has 1 saturated carbocycles. The number of nitrogens with one attached hydrogen (secondary N) is 1. The van der Waals surface area contributed by atoms with E-state index < -0.39 is 0 Å². The Bertz CT molecular complexity index is 374. The molecular weight excluding hydrogens is 222 g/mol. The lowest BCUT2D eigenvalue weighted by Crippen LogP contribution is -2.26. The molecule has 1 aliphatic carbocycles. The number of anilines is 1. The first kappa shape index (κ1) is 13.3. The van der Waals surface area contributed by atoms with E-state index in [0.29, 0.717) is 0 Å². The van der Waals surface area contributed by atoms with Crippen molar-refractivity contribution in [2.45, 2.75) is 45.7 Å². The highest BCUT2D eigenvalue weighted by Gasteiger charge is 2.20. The molecule has 0 saturated heterocycles. The lowest BCUT2D eigenvalue weighted by atomic mass is 10.1. The van der Waals surface area contributed by atoms with Crippen LogP contribution >= 0.6 is 0 Å². The molecule has 0 amide bonds. The normalized spacial score (nSPS) is 16.6. The van der Waals surface area contributed by atoms with E-state index in [2.05, 4.69) is 42.2 Å². The molecule has 1 aliphatic rings. The average Bonchev–Trinajstić information content (AvgIpc) is 3.20. The molecule has 1 heterocycles. The molecular formula is C15H25N3. The molecule has 1 aromatic rings. The molecule has 100 valence electrons. The first-order valence-electron chi connectivity index (χ1n) is 7.08. The number of pyridine rings is 1. The van der Waals surface area contributed by atoms with E-state index >= 15 is 0 Å². The van der Waals surface area contributed by atoms with Crippen LogP contribution in [0.5, 0.6) is 0 Å². The second-order valence-electron chi connectivity index (χ2n) is 5.55. The molecule has 0 aromatic carbocycles. The third kappa shape index (κ3) is 3.70. The van der Waals surface area contributed by atoms with Gasteiger partial charge in [0.25, 0.3) is 0 Å². The van der Waals surface area contributed by atoms with Crippen LogP contribution in [-0.4, -0.2) is 24.6 Å². The van der Waals surface area contributed by atoms with Crippen molar-refractivity contribution < 1.29 is 0 Å². The standard InChI is InChI=1S/C15H25N3/c1-4-12(2)11-18(3)15-7-8-16-9-13(15)10-17-14-5-6-14/h7-9,12,14,17H,4-6,10-11H2,1-3H3. The Morgan fingerprint density at radius 3 is 2.94 bits per heavy atom. The van der Waals surface area contributed by atoms with E-state index in [9.17, 15) is 0 Å². The average molecular weight is 247 g/mol. The third-order valence-corrected chi connectivity index (χ3v) is 3.73. The Morgan fingerprint density at radius 2 is 2.28 bits per heavy atom. The summed E-state index contributed by atoms with van der Waals surface area (Å²) in [5, 5.41) is 3.57. The summed E-state index contributed by atoms with van der Waals surface area (Å²) in [4.78, 5) is 6.62. The number of rotatable bonds is 7. The minimum absolute atomic E-state index is 0.729. The quantitative estimate of drug-likeness (QED) is 0.803. The van der Waals surface area contributed by atoms with Crippen LogP contribution in [-0.2, 0) is 6.54 Å². The smallest absolute Gasteiger partial charge is 0.0440 e. The molecule has 18 heavy (non-hydrogen) atoms. The molecule has 0 bridgehead atoms. The van der Waals surface area contributed by atoms with Gasteiger partial charge in [0.15, 0.2) is 0 Å². The molecule has 1 fully saturated rings. The van der Waals surface area contributed by atoms with Crippen LogP contribution in [0.15, 0.2) is 18.5 Å². The lowest BCUT2D eigenvalue weighted by Gasteiger charge is -2.25. The number of hydrogen-bond donors (Lipinski definition) is 1. The molecule has 0 spiro atoms. The van der Waals surface area contributed by atoms with E-state index in [0.717, 1.165) is 25.0 Å². The number of nitrogens with zero attached hydrogens (tertiary/aromatic N) is 2. The SMILES string of the molecule is CCC(C)CN(C)c1ccncc1CNC1CC1. The number of aromatic nitrogens is 1. The van der Waals surface area contributed by atoms with Crippen LogP contribution in [0.4, 0.5) is 5.69 Å². The molecule has 1 atom stereocenters. The van der Waals surface area contributed by atoms with Crippen molar-refractivity contribution in [3.05, 3.63) is 24.0 Å². The van der Waals surface area contributed by atoms with Gasteiger partial charge in [-0.1, -0.05) is 20.3 Å². The van der Waals surface area contributed by atoms with Crippen LogP contribution in [0.25, 0.3) is 0 Å². The Labute approximate surface area is 111 Å². The van der Waals surface area contributed by atoms with Gasteiger partial charge in [-0.15, -0.1) is 0 Å². The Morgan fingerprint density at radius 1 is 1.50 bits per heavy atom. The third-order valence-electron chi connectivity index (χ3n) is 3.73. The fraction of sp³-hybridized carbons (Fsp3) is 0.667. The molecule has 0 radical (unpaired) electrons. The van der Waals surface area contributed by atoms with Gasteiger partial charge in [-0.2, -0.15) is 0 Å². The minimum atomic E-state index is 0.729. The van der Waals surface area contributed by atoms with E-state index in [-0.39, 0.29) is 0 Å². The van der Waals surface area contributed by atoms with Crippen LogP contribution in [0.2, 0.25) is 0 Å². The van der Waals surface area contributed by atoms with Crippen molar-refractivity contribution in [3.8, 4) is 0 Å². The van der Waals surface area contributed by atoms with E-state index in [1.807, 2.05) is 12.4 Å². The fourth-order valence-electron chi connectivity index (χ4n) is 2.17. The monoisotopic (exact) mass is 247 g/mol. The molecule has 1 N–H and O–H groups in total.